The van der Waals surface area contributed by atoms with E-state index in [1.54, 1.807) is 170 Å². The number of halogens is 5. The molecule has 1 atom stereocenters. The van der Waals surface area contributed by atoms with Gasteiger partial charge in [-0.2, -0.15) is 5.10 Å². The number of aromatic amines is 1. The molecule has 10 heterocycles. The number of hydrogen-bond acceptors (Lipinski definition) is 20. The number of aliphatic hydroxyl groups is 1. The quantitative estimate of drug-likeness (QED) is 0.0257. The van der Waals surface area contributed by atoms with Crippen LogP contribution in [0, 0.1) is 0 Å². The number of anilines is 6. The van der Waals surface area contributed by atoms with Crippen LogP contribution in [0.4, 0.5) is 34.4 Å². The van der Waals surface area contributed by atoms with Crippen LogP contribution >= 0.6 is 58.0 Å². The van der Waals surface area contributed by atoms with E-state index in [4.69, 9.17) is 62.7 Å². The lowest BCUT2D eigenvalue weighted by molar-refractivity contribution is 0.0398. The standard InChI is InChI=1S/C23H23Cl2N5O2.C22H19ClN6O.C21H20ClN3O4S.C20H14ClN5O/c24-19-5-4-17(14-18(19)21-3-1-2-6-26-21)29-23(31)16-13-20(25)22(28-15-16)27-7-8-30-9-11-32-12-10-30;23-19-6-5-16(11-18(19)20-3-1-2-9-25-20)29-22(30)15-4-7-21(27-12-15)26-10-8-17-13-24-14-28-17;1-14(26)13-24-30(28,29)17-8-5-15(6-9-17)21(27)25-16-7-10-19(22)18(12-16)20-4-2-3-11-23-20;21-17-7-6-15(12-16(17)18-4-1-2-9-22-18)25-20(27)14-5-8-19(23-13-14)26-11-3-10-24-26/h1-6,13-15H,7-12H2,(H,27,28)(H,29,31);1-7,9,11-14H,8,10H2,(H,24,28)(H,26,27)(H,29,30);2-12,14,24,26H,13H2,1H3,(H,25,27);1-13H,(H,25,27)/t;;14-;/m..1./s1. The third kappa shape index (κ3) is 24.9. The van der Waals surface area contributed by atoms with Gasteiger partial charge < -0.3 is 46.7 Å². The molecule has 14 aromatic rings. The number of aliphatic hydroxyl groups excluding tert-OH is 1. The SMILES string of the molecule is C[C@@H](O)CNS(=O)(=O)c1ccc(C(=O)Nc2ccc(Cl)c(-c3ccccn3)c2)cc1.O=C(Nc1ccc(Cl)c(-c2ccccn2)c1)c1ccc(-n2cccn2)nc1.O=C(Nc1ccc(Cl)c(-c2ccccn2)c1)c1ccc(NCCc2cnc[nH]2)nc1.O=C(Nc1ccc(Cl)c(-c2ccccn2)c1)c1cnc(NCCN2CCOCC2)c(Cl)c1. The Morgan fingerprint density at radius 1 is 0.479 bits per heavy atom. The van der Waals surface area contributed by atoms with E-state index < -0.39 is 22.0 Å². The lowest BCUT2D eigenvalue weighted by Gasteiger charge is -2.26. The van der Waals surface area contributed by atoms with Gasteiger partial charge in [-0.1, -0.05) is 82.3 Å². The van der Waals surface area contributed by atoms with Gasteiger partial charge in [0.25, 0.3) is 23.6 Å². The molecule has 0 radical (unpaired) electrons. The summed E-state index contributed by atoms with van der Waals surface area (Å²) < 4.78 is 33.6. The van der Waals surface area contributed by atoms with Gasteiger partial charge in [0.05, 0.1) is 95.1 Å². The number of rotatable bonds is 25. The van der Waals surface area contributed by atoms with Gasteiger partial charge in [-0.3, -0.25) is 44.0 Å². The monoisotopic (exact) mass is 1710 g/mol. The molecule has 4 amide bonds. The van der Waals surface area contributed by atoms with Gasteiger partial charge >= 0.3 is 0 Å². The van der Waals surface area contributed by atoms with Crippen molar-refractivity contribution in [2.75, 3.05) is 84.4 Å². The Balaban J connectivity index is 0.000000146. The molecule has 1 aliphatic rings. The molecule has 0 bridgehead atoms. The van der Waals surface area contributed by atoms with Gasteiger partial charge in [-0.25, -0.2) is 37.8 Å². The third-order valence-electron chi connectivity index (χ3n) is 17.6. The summed E-state index contributed by atoms with van der Waals surface area (Å²) in [5, 5.41) is 33.8. The van der Waals surface area contributed by atoms with Crippen molar-refractivity contribution in [3.63, 3.8) is 0 Å². The first-order valence-corrected chi connectivity index (χ1v) is 40.3. The van der Waals surface area contributed by atoms with Crippen LogP contribution in [0.5, 0.6) is 0 Å². The largest absolute Gasteiger partial charge is 0.392 e. The van der Waals surface area contributed by atoms with E-state index in [0.717, 1.165) is 78.7 Å². The van der Waals surface area contributed by atoms with Crippen LogP contribution in [-0.4, -0.2) is 155 Å². The van der Waals surface area contributed by atoms with E-state index in [9.17, 15) is 32.7 Å². The van der Waals surface area contributed by atoms with Crippen molar-refractivity contribution in [1.82, 2.24) is 64.3 Å². The zero-order valence-electron chi connectivity index (χ0n) is 63.4. The molecule has 1 fully saturated rings. The number of hydrogen-bond donors (Lipinski definition) is 9. The normalized spacial score (nSPS) is 12.0. The van der Waals surface area contributed by atoms with Crippen LogP contribution in [-0.2, 0) is 21.2 Å². The highest BCUT2D eigenvalue weighted by molar-refractivity contribution is 7.89. The highest BCUT2D eigenvalue weighted by Crippen LogP contribution is 2.34. The van der Waals surface area contributed by atoms with Crippen LogP contribution in [0.1, 0.15) is 54.0 Å². The van der Waals surface area contributed by atoms with Crippen LogP contribution in [0.15, 0.2) is 279 Å². The first-order valence-electron chi connectivity index (χ1n) is 37.0. The fraction of sp³-hybridized carbons (Fsp3) is 0.128. The smallest absolute Gasteiger partial charge is 0.257 e. The Bertz CT molecular complexity index is 5830. The Hall–Kier alpha value is -12.7. The predicted octanol–water partition coefficient (Wildman–Crippen LogP) is 16.4. The molecule has 33 heteroatoms. The number of carbonyl (C=O) groups excluding carboxylic acids is 4. The third-order valence-corrected chi connectivity index (χ3v) is 20.7. The zero-order chi connectivity index (χ0) is 83.5. The minimum absolute atomic E-state index is 0.00336. The molecule has 5 aromatic carbocycles. The summed E-state index contributed by atoms with van der Waals surface area (Å²) >= 11 is 31.5. The number of nitrogens with one attached hydrogen (secondary N) is 8. The predicted molar refractivity (Wildman–Crippen MR) is 465 cm³/mol. The Labute approximate surface area is 710 Å². The highest BCUT2D eigenvalue weighted by atomic mass is 35.5. The van der Waals surface area contributed by atoms with Crippen molar-refractivity contribution in [2.45, 2.75) is 24.3 Å². The summed E-state index contributed by atoms with van der Waals surface area (Å²) in [5.74, 6) is 0.680. The second kappa shape index (κ2) is 42.4. The van der Waals surface area contributed by atoms with Crippen LogP contribution in [0.25, 0.3) is 50.8 Å². The van der Waals surface area contributed by atoms with Crippen LogP contribution < -0.4 is 36.6 Å². The average Bonchev–Trinajstić information content (AvgIpc) is 1.75. The molecule has 15 rings (SSSR count). The Morgan fingerprint density at radius 2 is 0.941 bits per heavy atom. The van der Waals surface area contributed by atoms with Crippen LogP contribution in [0.3, 0.4) is 0 Å². The fourth-order valence-corrected chi connectivity index (χ4v) is 13.7. The average molecular weight is 1710 g/mol. The van der Waals surface area contributed by atoms with E-state index in [1.165, 1.54) is 43.6 Å². The number of carbonyl (C=O) groups is 4. The van der Waals surface area contributed by atoms with Crippen molar-refractivity contribution < 1.29 is 37.4 Å². The number of imidazole rings is 1. The summed E-state index contributed by atoms with van der Waals surface area (Å²) in [5.41, 5.74) is 10.8. The number of aromatic nitrogens is 11. The number of sulfonamides is 1. The summed E-state index contributed by atoms with van der Waals surface area (Å²) in [6.07, 6.45) is 18.2. The minimum atomic E-state index is -3.76. The van der Waals surface area contributed by atoms with Crippen molar-refractivity contribution in [1.29, 1.82) is 0 Å². The topological polar surface area (TPSA) is 356 Å². The molecular formula is C86H76Cl5N19O8S. The minimum Gasteiger partial charge on any atom is -0.392 e. The Morgan fingerprint density at radius 3 is 1.35 bits per heavy atom. The van der Waals surface area contributed by atoms with E-state index >= 15 is 0 Å². The molecule has 1 saturated heterocycles. The number of morpholine rings is 1. The lowest BCUT2D eigenvalue weighted by Crippen LogP contribution is -2.39. The maximum absolute atomic E-state index is 12.7. The molecule has 0 saturated carbocycles. The summed E-state index contributed by atoms with van der Waals surface area (Å²) in [6.45, 7) is 7.05. The molecule has 9 aromatic heterocycles. The zero-order valence-corrected chi connectivity index (χ0v) is 68.0. The maximum Gasteiger partial charge on any atom is 0.257 e. The van der Waals surface area contributed by atoms with Crippen LogP contribution in [0.2, 0.25) is 25.1 Å². The van der Waals surface area contributed by atoms with E-state index in [2.05, 4.69) is 91.5 Å². The molecule has 0 spiro atoms. The van der Waals surface area contributed by atoms with Crippen molar-refractivity contribution in [3.8, 4) is 50.8 Å². The molecule has 119 heavy (non-hydrogen) atoms. The van der Waals surface area contributed by atoms with Crippen molar-refractivity contribution in [2.24, 2.45) is 0 Å². The fourth-order valence-electron chi connectivity index (χ4n) is 11.5. The van der Waals surface area contributed by atoms with Crippen molar-refractivity contribution in [3.05, 3.63) is 328 Å². The van der Waals surface area contributed by atoms with Gasteiger partial charge in [-0.15, -0.1) is 0 Å². The summed E-state index contributed by atoms with van der Waals surface area (Å²) in [7, 11) is -3.76. The van der Waals surface area contributed by atoms with Crippen molar-refractivity contribution >= 4 is 126 Å². The second-order valence-electron chi connectivity index (χ2n) is 26.2. The molecular weight excluding hydrogens is 1640 g/mol. The summed E-state index contributed by atoms with van der Waals surface area (Å²) in [4.78, 5) is 89.9. The number of ether oxygens (including phenoxy) is 1. The highest BCUT2D eigenvalue weighted by Gasteiger charge is 2.20. The molecule has 1 aliphatic heterocycles. The molecule has 0 aliphatic carbocycles. The number of nitrogens with zero attached hydrogens (tertiary/aromatic N) is 11. The van der Waals surface area contributed by atoms with Gasteiger partial charge in [-0.05, 0) is 189 Å². The number of benzene rings is 5. The van der Waals surface area contributed by atoms with E-state index in [0.29, 0.717) is 112 Å². The van der Waals surface area contributed by atoms with Gasteiger partial charge in [0, 0.05) is 164 Å². The first-order chi connectivity index (χ1) is 57.7. The van der Waals surface area contributed by atoms with E-state index in [-0.39, 0.29) is 29.2 Å². The number of amides is 4. The van der Waals surface area contributed by atoms with Gasteiger partial charge in [0.1, 0.15) is 11.6 Å². The maximum atomic E-state index is 12.7. The first kappa shape index (κ1) is 85.7. The van der Waals surface area contributed by atoms with Gasteiger partial charge in [0.15, 0.2) is 5.82 Å². The molecule has 0 unspecified atom stereocenters. The molecule has 27 nitrogen and oxygen atoms in total. The van der Waals surface area contributed by atoms with Gasteiger partial charge in [0.2, 0.25) is 10.0 Å². The molecule has 604 valence electrons. The summed E-state index contributed by atoms with van der Waals surface area (Å²) in [6, 6.07) is 59.0. The lowest BCUT2D eigenvalue weighted by atomic mass is 10.1. The van der Waals surface area contributed by atoms with E-state index in [1.807, 2.05) is 72.8 Å². The Kier molecular flexibility index (Phi) is 30.5. The molecule has 9 N–H and O–H groups in total. The second-order valence-corrected chi connectivity index (χ2v) is 30.0. The number of H-pyrrole nitrogens is 1. The number of pyridine rings is 7.